The Hall–Kier alpha value is -2.16. The third-order valence-corrected chi connectivity index (χ3v) is 7.04. The van der Waals surface area contributed by atoms with Gasteiger partial charge in [-0.25, -0.2) is 9.97 Å². The summed E-state index contributed by atoms with van der Waals surface area (Å²) in [4.78, 5) is 21.5. The van der Waals surface area contributed by atoms with Crippen molar-refractivity contribution in [3.05, 3.63) is 42.0 Å². The molecule has 0 aliphatic heterocycles. The topological polar surface area (TPSA) is 64.1 Å². The van der Waals surface area contributed by atoms with E-state index in [4.69, 9.17) is 4.74 Å². The molecule has 0 atom stereocenters. The Morgan fingerprint density at radius 2 is 1.77 bits per heavy atom. The molecule has 26 heavy (non-hydrogen) atoms. The van der Waals surface area contributed by atoms with E-state index < -0.39 is 0 Å². The van der Waals surface area contributed by atoms with Crippen molar-refractivity contribution in [1.29, 1.82) is 0 Å². The minimum absolute atomic E-state index is 0.0837. The van der Waals surface area contributed by atoms with E-state index in [2.05, 4.69) is 15.3 Å². The number of anilines is 1. The molecule has 132 valence electrons. The summed E-state index contributed by atoms with van der Waals surface area (Å²) in [6.45, 7) is 0. The van der Waals surface area contributed by atoms with Crippen LogP contribution in [0.25, 0.3) is 20.4 Å². The molecule has 2 heterocycles. The molecule has 8 heteroatoms. The lowest BCUT2D eigenvalue weighted by molar-refractivity contribution is -0.115. The predicted molar refractivity (Wildman–Crippen MR) is 110 cm³/mol. The average Bonchev–Trinajstić information content (AvgIpc) is 3.24. The summed E-state index contributed by atoms with van der Waals surface area (Å²) >= 11 is 4.79. The number of nitrogens with zero attached hydrogens (tertiary/aromatic N) is 2. The van der Waals surface area contributed by atoms with Crippen LogP contribution in [0.4, 0.5) is 5.13 Å². The second-order valence-corrected chi connectivity index (χ2v) is 8.59. The zero-order valence-corrected chi connectivity index (χ0v) is 16.6. The van der Waals surface area contributed by atoms with E-state index in [0.717, 1.165) is 36.1 Å². The maximum Gasteiger partial charge on any atom is 0.230 e. The van der Waals surface area contributed by atoms with E-state index >= 15 is 0 Å². The lowest BCUT2D eigenvalue weighted by Gasteiger charge is -2.03. The molecule has 5 nitrogen and oxygen atoms in total. The lowest BCUT2D eigenvalue weighted by Crippen LogP contribution is -2.14. The fourth-order valence-corrected chi connectivity index (χ4v) is 5.26. The third kappa shape index (κ3) is 3.40. The van der Waals surface area contributed by atoms with Crippen molar-refractivity contribution >= 4 is 65.9 Å². The van der Waals surface area contributed by atoms with Crippen LogP contribution in [0.5, 0.6) is 5.75 Å². The average molecular weight is 402 g/mol. The van der Waals surface area contributed by atoms with E-state index in [0.29, 0.717) is 11.6 Å². The fourth-order valence-electron chi connectivity index (χ4n) is 2.59. The quantitative estimate of drug-likeness (QED) is 0.486. The van der Waals surface area contributed by atoms with Crippen molar-refractivity contribution in [3.63, 3.8) is 0 Å². The molecule has 0 aliphatic rings. The zero-order chi connectivity index (χ0) is 18.1. The lowest BCUT2D eigenvalue weighted by atomic mass is 10.1. The SMILES string of the molecule is COc1ccc(CC(=O)Nc2nc3ccc4nc(SC)sc4c3s2)cc1. The molecule has 0 unspecified atom stereocenters. The van der Waals surface area contributed by atoms with Gasteiger partial charge in [0.1, 0.15) is 5.75 Å². The first-order chi connectivity index (χ1) is 12.7. The van der Waals surface area contributed by atoms with Gasteiger partial charge >= 0.3 is 0 Å². The van der Waals surface area contributed by atoms with Gasteiger partial charge in [-0.05, 0) is 36.1 Å². The van der Waals surface area contributed by atoms with Crippen LogP contribution in [0, 0.1) is 0 Å². The minimum atomic E-state index is -0.0837. The van der Waals surface area contributed by atoms with Crippen LogP contribution >= 0.6 is 34.4 Å². The molecule has 4 aromatic rings. The molecule has 0 saturated carbocycles. The molecular formula is C18H15N3O2S3. The van der Waals surface area contributed by atoms with Crippen molar-refractivity contribution in [3.8, 4) is 5.75 Å². The summed E-state index contributed by atoms with van der Waals surface area (Å²) in [5, 5.41) is 3.53. The van der Waals surface area contributed by atoms with Crippen LogP contribution in [0.2, 0.25) is 0 Å². The second kappa shape index (κ2) is 7.22. The van der Waals surface area contributed by atoms with Crippen LogP contribution < -0.4 is 10.1 Å². The Morgan fingerprint density at radius 1 is 1.08 bits per heavy atom. The van der Waals surface area contributed by atoms with Gasteiger partial charge in [0.05, 0.1) is 34.0 Å². The summed E-state index contributed by atoms with van der Waals surface area (Å²) in [5.74, 6) is 0.693. The molecule has 0 spiro atoms. The van der Waals surface area contributed by atoms with Gasteiger partial charge in [0.2, 0.25) is 5.91 Å². The van der Waals surface area contributed by atoms with Gasteiger partial charge in [0, 0.05) is 0 Å². The minimum Gasteiger partial charge on any atom is -0.497 e. The predicted octanol–water partition coefficient (Wildman–Crippen LogP) is 4.82. The zero-order valence-electron chi connectivity index (χ0n) is 14.1. The van der Waals surface area contributed by atoms with Gasteiger partial charge in [-0.3, -0.25) is 4.79 Å². The van der Waals surface area contributed by atoms with Gasteiger partial charge in [-0.2, -0.15) is 0 Å². The van der Waals surface area contributed by atoms with Crippen LogP contribution in [0.3, 0.4) is 0 Å². The normalized spacial score (nSPS) is 11.2. The van der Waals surface area contributed by atoms with E-state index in [-0.39, 0.29) is 5.91 Å². The molecule has 4 rings (SSSR count). The summed E-state index contributed by atoms with van der Waals surface area (Å²) in [6, 6.07) is 11.4. The van der Waals surface area contributed by atoms with Crippen LogP contribution in [-0.4, -0.2) is 29.2 Å². The van der Waals surface area contributed by atoms with Crippen LogP contribution in [0.15, 0.2) is 40.7 Å². The highest BCUT2D eigenvalue weighted by molar-refractivity contribution is 8.00. The molecular weight excluding hydrogens is 386 g/mol. The number of hydrogen-bond donors (Lipinski definition) is 1. The number of carbonyl (C=O) groups is 1. The Bertz CT molecular complexity index is 1090. The highest BCUT2D eigenvalue weighted by Gasteiger charge is 2.13. The van der Waals surface area contributed by atoms with Crippen LogP contribution in [0.1, 0.15) is 5.56 Å². The van der Waals surface area contributed by atoms with E-state index in [1.165, 1.54) is 11.3 Å². The van der Waals surface area contributed by atoms with Gasteiger partial charge in [0.25, 0.3) is 0 Å². The molecule has 0 aliphatic carbocycles. The largest absolute Gasteiger partial charge is 0.497 e. The number of amides is 1. The van der Waals surface area contributed by atoms with Crippen molar-refractivity contribution in [1.82, 2.24) is 9.97 Å². The number of hydrogen-bond acceptors (Lipinski definition) is 7. The fraction of sp³-hybridized carbons (Fsp3) is 0.167. The highest BCUT2D eigenvalue weighted by Crippen LogP contribution is 2.38. The Morgan fingerprint density at radius 3 is 2.46 bits per heavy atom. The number of carbonyl (C=O) groups excluding carboxylic acids is 1. The van der Waals surface area contributed by atoms with Crippen molar-refractivity contribution in [2.45, 2.75) is 10.8 Å². The molecule has 1 amide bonds. The van der Waals surface area contributed by atoms with E-state index in [1.54, 1.807) is 30.2 Å². The number of thioether (sulfide) groups is 1. The van der Waals surface area contributed by atoms with Gasteiger partial charge in [-0.15, -0.1) is 11.3 Å². The highest BCUT2D eigenvalue weighted by atomic mass is 32.2. The summed E-state index contributed by atoms with van der Waals surface area (Å²) in [7, 11) is 1.62. The number of ether oxygens (including phenoxy) is 1. The number of rotatable bonds is 5. The van der Waals surface area contributed by atoms with Crippen LogP contribution in [-0.2, 0) is 11.2 Å². The number of methoxy groups -OCH3 is 1. The summed E-state index contributed by atoms with van der Waals surface area (Å²) in [5.41, 5.74) is 2.80. The Balaban J connectivity index is 1.55. The Kier molecular flexibility index (Phi) is 4.80. The molecule has 1 N–H and O–H groups in total. The first-order valence-electron chi connectivity index (χ1n) is 7.83. The molecule has 0 saturated heterocycles. The molecule has 2 aromatic heterocycles. The number of nitrogens with one attached hydrogen (secondary N) is 1. The maximum atomic E-state index is 12.3. The van der Waals surface area contributed by atoms with Crippen molar-refractivity contribution in [2.24, 2.45) is 0 Å². The monoisotopic (exact) mass is 401 g/mol. The second-order valence-electron chi connectivity index (χ2n) is 5.54. The summed E-state index contributed by atoms with van der Waals surface area (Å²) < 4.78 is 8.36. The molecule has 0 bridgehead atoms. The number of thiazole rings is 2. The third-order valence-electron chi connectivity index (χ3n) is 3.84. The molecule has 0 fully saturated rings. The number of benzene rings is 2. The first kappa shape index (κ1) is 17.3. The van der Waals surface area contributed by atoms with Crippen molar-refractivity contribution < 1.29 is 9.53 Å². The standard InChI is InChI=1S/C18H15N3O2S3/c1-23-11-5-3-10(4-6-11)9-14(22)21-17-19-12-7-8-13-16(15(12)25-17)26-18(20-13)24-2/h3-8H,9H2,1-2H3,(H,19,21,22). The number of fused-ring (bicyclic) bond motifs is 3. The van der Waals surface area contributed by atoms with E-state index in [1.807, 2.05) is 42.7 Å². The molecule has 0 radical (unpaired) electrons. The first-order valence-corrected chi connectivity index (χ1v) is 10.7. The van der Waals surface area contributed by atoms with Crippen molar-refractivity contribution in [2.75, 3.05) is 18.7 Å². The molecule has 2 aromatic carbocycles. The smallest absolute Gasteiger partial charge is 0.230 e. The Labute approximate surface area is 162 Å². The van der Waals surface area contributed by atoms with Gasteiger partial charge in [0.15, 0.2) is 9.47 Å². The summed E-state index contributed by atoms with van der Waals surface area (Å²) in [6.07, 6.45) is 2.32. The number of aromatic nitrogens is 2. The van der Waals surface area contributed by atoms with Gasteiger partial charge < -0.3 is 10.1 Å². The van der Waals surface area contributed by atoms with Gasteiger partial charge in [-0.1, -0.05) is 35.2 Å². The van der Waals surface area contributed by atoms with E-state index in [9.17, 15) is 4.79 Å². The maximum absolute atomic E-state index is 12.3.